The Morgan fingerprint density at radius 3 is 2.79 bits per heavy atom. The highest BCUT2D eigenvalue weighted by Gasteiger charge is 2.32. The third-order valence-corrected chi connectivity index (χ3v) is 6.74. The van der Waals surface area contributed by atoms with Crippen molar-refractivity contribution in [3.05, 3.63) is 65.2 Å². The molecule has 2 aromatic carbocycles. The van der Waals surface area contributed by atoms with Gasteiger partial charge in [0, 0.05) is 19.5 Å². The van der Waals surface area contributed by atoms with E-state index in [0.717, 1.165) is 30.8 Å². The molecule has 0 spiro atoms. The van der Waals surface area contributed by atoms with Gasteiger partial charge in [0.25, 0.3) is 0 Å². The second-order valence-corrected chi connectivity index (χ2v) is 8.52. The van der Waals surface area contributed by atoms with E-state index in [4.69, 9.17) is 4.74 Å². The SMILES string of the molecule is O=S(=O)(Cc1ccccc1)N1CC[C@H](c2ccc3c(c2)CCO3)C1. The molecule has 0 aliphatic carbocycles. The molecule has 0 amide bonds. The molecule has 0 unspecified atom stereocenters. The van der Waals surface area contributed by atoms with Gasteiger partial charge in [0.05, 0.1) is 12.4 Å². The summed E-state index contributed by atoms with van der Waals surface area (Å²) in [6.07, 6.45) is 1.83. The zero-order valence-electron chi connectivity index (χ0n) is 13.5. The minimum Gasteiger partial charge on any atom is -0.493 e. The van der Waals surface area contributed by atoms with Gasteiger partial charge in [0.2, 0.25) is 10.0 Å². The van der Waals surface area contributed by atoms with E-state index in [9.17, 15) is 8.42 Å². The van der Waals surface area contributed by atoms with Gasteiger partial charge in [0.1, 0.15) is 5.75 Å². The Morgan fingerprint density at radius 1 is 1.12 bits per heavy atom. The molecule has 0 aromatic heterocycles. The summed E-state index contributed by atoms with van der Waals surface area (Å²) < 4.78 is 32.5. The third-order valence-electron chi connectivity index (χ3n) is 4.92. The Balaban J connectivity index is 1.48. The number of nitrogens with zero attached hydrogens (tertiary/aromatic N) is 1. The topological polar surface area (TPSA) is 46.6 Å². The molecule has 0 saturated carbocycles. The predicted molar refractivity (Wildman–Crippen MR) is 93.6 cm³/mol. The monoisotopic (exact) mass is 343 g/mol. The van der Waals surface area contributed by atoms with Crippen molar-refractivity contribution in [2.45, 2.75) is 24.5 Å². The van der Waals surface area contributed by atoms with E-state index in [1.165, 1.54) is 11.1 Å². The molecule has 2 aliphatic heterocycles. The Bertz CT molecular complexity index is 833. The molecule has 1 saturated heterocycles. The van der Waals surface area contributed by atoms with E-state index in [1.807, 2.05) is 36.4 Å². The average molecular weight is 343 g/mol. The van der Waals surface area contributed by atoms with Crippen molar-refractivity contribution >= 4 is 10.0 Å². The number of ether oxygens (including phenoxy) is 1. The standard InChI is InChI=1S/C19H21NO3S/c21-24(22,14-15-4-2-1-3-5-15)20-10-8-18(13-20)16-6-7-19-17(12-16)9-11-23-19/h1-7,12,18H,8-11,13-14H2/t18-/m0/s1. The maximum absolute atomic E-state index is 12.7. The maximum atomic E-state index is 12.7. The Hall–Kier alpha value is -1.85. The summed E-state index contributed by atoms with van der Waals surface area (Å²) in [5.41, 5.74) is 3.32. The van der Waals surface area contributed by atoms with Crippen LogP contribution in [0.3, 0.4) is 0 Å². The Morgan fingerprint density at radius 2 is 1.96 bits per heavy atom. The second-order valence-electron chi connectivity index (χ2n) is 6.55. The summed E-state index contributed by atoms with van der Waals surface area (Å²) in [7, 11) is -3.26. The van der Waals surface area contributed by atoms with E-state index >= 15 is 0 Å². The molecule has 1 fully saturated rings. The minimum absolute atomic E-state index is 0.0819. The zero-order chi connectivity index (χ0) is 16.6. The van der Waals surface area contributed by atoms with Gasteiger partial charge in [-0.3, -0.25) is 0 Å². The molecule has 4 nitrogen and oxygen atoms in total. The predicted octanol–water partition coefficient (Wildman–Crippen LogP) is 2.94. The summed E-state index contributed by atoms with van der Waals surface area (Å²) >= 11 is 0. The molecule has 0 bridgehead atoms. The molecule has 2 heterocycles. The first-order valence-corrected chi connectivity index (χ1v) is 10.00. The van der Waals surface area contributed by atoms with Gasteiger partial charge in [-0.2, -0.15) is 0 Å². The number of fused-ring (bicyclic) bond motifs is 1. The summed E-state index contributed by atoms with van der Waals surface area (Å²) in [6.45, 7) is 1.93. The fourth-order valence-corrected chi connectivity index (χ4v) is 5.18. The lowest BCUT2D eigenvalue weighted by Crippen LogP contribution is -2.29. The molecule has 2 aliphatic rings. The normalized spacial score (nSPS) is 20.8. The minimum atomic E-state index is -3.26. The molecule has 1 atom stereocenters. The molecule has 126 valence electrons. The lowest BCUT2D eigenvalue weighted by molar-refractivity contribution is 0.357. The third kappa shape index (κ3) is 3.06. The van der Waals surface area contributed by atoms with Gasteiger partial charge in [-0.15, -0.1) is 0 Å². The Kier molecular flexibility index (Phi) is 4.06. The van der Waals surface area contributed by atoms with Crippen molar-refractivity contribution in [1.82, 2.24) is 4.31 Å². The highest BCUT2D eigenvalue weighted by atomic mass is 32.2. The van der Waals surface area contributed by atoms with Crippen LogP contribution >= 0.6 is 0 Å². The fourth-order valence-electron chi connectivity index (χ4n) is 3.59. The van der Waals surface area contributed by atoms with Crippen LogP contribution in [-0.2, 0) is 22.2 Å². The van der Waals surface area contributed by atoms with E-state index in [0.29, 0.717) is 13.1 Å². The molecule has 24 heavy (non-hydrogen) atoms. The van der Waals surface area contributed by atoms with Crippen molar-refractivity contribution in [1.29, 1.82) is 0 Å². The van der Waals surface area contributed by atoms with Crippen molar-refractivity contribution < 1.29 is 13.2 Å². The molecule has 4 rings (SSSR count). The first-order chi connectivity index (χ1) is 11.6. The van der Waals surface area contributed by atoms with Crippen molar-refractivity contribution in [2.24, 2.45) is 0 Å². The maximum Gasteiger partial charge on any atom is 0.218 e. The van der Waals surface area contributed by atoms with Crippen LogP contribution < -0.4 is 4.74 Å². The first kappa shape index (κ1) is 15.7. The van der Waals surface area contributed by atoms with Crippen LogP contribution in [0.4, 0.5) is 0 Å². The zero-order valence-corrected chi connectivity index (χ0v) is 14.3. The smallest absolute Gasteiger partial charge is 0.218 e. The van der Waals surface area contributed by atoms with E-state index in [1.54, 1.807) is 4.31 Å². The summed E-state index contributed by atoms with van der Waals surface area (Å²) in [6, 6.07) is 15.7. The van der Waals surface area contributed by atoms with Gasteiger partial charge in [0.15, 0.2) is 0 Å². The lowest BCUT2D eigenvalue weighted by Gasteiger charge is -2.17. The Labute approximate surface area is 143 Å². The highest BCUT2D eigenvalue weighted by Crippen LogP contribution is 2.34. The van der Waals surface area contributed by atoms with Crippen molar-refractivity contribution in [3.63, 3.8) is 0 Å². The number of hydrogen-bond donors (Lipinski definition) is 0. The second kappa shape index (κ2) is 6.22. The fraction of sp³-hybridized carbons (Fsp3) is 0.368. The molecule has 2 aromatic rings. The average Bonchev–Trinajstić information content (AvgIpc) is 3.24. The molecule has 0 N–H and O–H groups in total. The number of sulfonamides is 1. The van der Waals surface area contributed by atoms with Crippen LogP contribution in [0.5, 0.6) is 5.75 Å². The van der Waals surface area contributed by atoms with E-state index in [2.05, 4.69) is 12.1 Å². The molecular formula is C19H21NO3S. The summed E-state index contributed by atoms with van der Waals surface area (Å²) in [5, 5.41) is 0. The van der Waals surface area contributed by atoms with Gasteiger partial charge in [-0.1, -0.05) is 42.5 Å². The van der Waals surface area contributed by atoms with Gasteiger partial charge in [-0.05, 0) is 35.1 Å². The number of rotatable bonds is 4. The summed E-state index contributed by atoms with van der Waals surface area (Å²) in [4.78, 5) is 0. The molecule has 5 heteroatoms. The van der Waals surface area contributed by atoms with E-state index < -0.39 is 10.0 Å². The quantitative estimate of drug-likeness (QED) is 0.857. The van der Waals surface area contributed by atoms with Crippen molar-refractivity contribution in [2.75, 3.05) is 19.7 Å². The number of benzene rings is 2. The largest absolute Gasteiger partial charge is 0.493 e. The van der Waals surface area contributed by atoms with Crippen LogP contribution in [0.15, 0.2) is 48.5 Å². The first-order valence-electron chi connectivity index (χ1n) is 8.39. The van der Waals surface area contributed by atoms with Crippen molar-refractivity contribution in [3.8, 4) is 5.75 Å². The molecule has 0 radical (unpaired) electrons. The van der Waals surface area contributed by atoms with Crippen LogP contribution in [-0.4, -0.2) is 32.4 Å². The van der Waals surface area contributed by atoms with Crippen LogP contribution in [0, 0.1) is 0 Å². The van der Waals surface area contributed by atoms with E-state index in [-0.39, 0.29) is 11.7 Å². The lowest BCUT2D eigenvalue weighted by atomic mass is 9.96. The number of hydrogen-bond acceptors (Lipinski definition) is 3. The molecular weight excluding hydrogens is 322 g/mol. The van der Waals surface area contributed by atoms with Gasteiger partial charge >= 0.3 is 0 Å². The van der Waals surface area contributed by atoms with Crippen LogP contribution in [0.2, 0.25) is 0 Å². The highest BCUT2D eigenvalue weighted by molar-refractivity contribution is 7.88. The van der Waals surface area contributed by atoms with Crippen LogP contribution in [0.1, 0.15) is 29.0 Å². The van der Waals surface area contributed by atoms with Gasteiger partial charge < -0.3 is 4.74 Å². The van der Waals surface area contributed by atoms with Crippen LogP contribution in [0.25, 0.3) is 0 Å². The summed E-state index contributed by atoms with van der Waals surface area (Å²) in [5.74, 6) is 1.34. The van der Waals surface area contributed by atoms with Gasteiger partial charge in [-0.25, -0.2) is 12.7 Å².